The summed E-state index contributed by atoms with van der Waals surface area (Å²) < 4.78 is 9.95. The smallest absolute Gasteiger partial charge is 0.317 e. The van der Waals surface area contributed by atoms with Crippen molar-refractivity contribution in [2.75, 3.05) is 14.2 Å². The maximum absolute atomic E-state index is 10.9. The lowest BCUT2D eigenvalue weighted by atomic mass is 10.0. The van der Waals surface area contributed by atoms with Crippen LogP contribution in [0.3, 0.4) is 0 Å². The molecule has 0 bridgehead atoms. The summed E-state index contributed by atoms with van der Waals surface area (Å²) in [5.74, 6) is 5.56. The minimum absolute atomic E-state index is 0.0415. The minimum atomic E-state index is -0.310. The van der Waals surface area contributed by atoms with Crippen LogP contribution in [0.1, 0.15) is 24.3 Å². The molecular weight excluding hydrogens is 236 g/mol. The fourth-order valence-corrected chi connectivity index (χ4v) is 2.36. The maximum atomic E-state index is 10.9. The lowest BCUT2D eigenvalue weighted by Crippen LogP contribution is -2.09. The fraction of sp³-hybridized carbons (Fsp3) is 0.462. The second kappa shape index (κ2) is 7.10. The summed E-state index contributed by atoms with van der Waals surface area (Å²) in [6, 6.07) is 4.01. The summed E-state index contributed by atoms with van der Waals surface area (Å²) >= 11 is 1.64. The van der Waals surface area contributed by atoms with Gasteiger partial charge in [0, 0.05) is 17.9 Å². The highest BCUT2D eigenvalue weighted by Crippen LogP contribution is 2.28. The van der Waals surface area contributed by atoms with Crippen LogP contribution in [0.2, 0.25) is 0 Å². The van der Waals surface area contributed by atoms with Gasteiger partial charge in [0.1, 0.15) is 12.5 Å². The minimum Gasteiger partial charge on any atom is -0.468 e. The van der Waals surface area contributed by atoms with Gasteiger partial charge in [-0.05, 0) is 18.4 Å². The van der Waals surface area contributed by atoms with E-state index >= 15 is 0 Å². The van der Waals surface area contributed by atoms with Crippen LogP contribution in [-0.2, 0) is 14.3 Å². The van der Waals surface area contributed by atoms with Crippen molar-refractivity contribution < 1.29 is 14.3 Å². The molecule has 2 atom stereocenters. The Morgan fingerprint density at radius 1 is 1.53 bits per heavy atom. The Morgan fingerprint density at radius 3 is 2.82 bits per heavy atom. The number of carbonyl (C=O) groups excluding carboxylic acids is 1. The molecule has 0 aliphatic carbocycles. The summed E-state index contributed by atoms with van der Waals surface area (Å²) in [5.41, 5.74) is 0. The number of esters is 1. The largest absolute Gasteiger partial charge is 0.468 e. The lowest BCUT2D eigenvalue weighted by Gasteiger charge is -2.16. The van der Waals surface area contributed by atoms with Gasteiger partial charge < -0.3 is 9.47 Å². The van der Waals surface area contributed by atoms with Crippen molar-refractivity contribution in [2.45, 2.75) is 19.4 Å². The third-order valence-electron chi connectivity index (χ3n) is 2.32. The van der Waals surface area contributed by atoms with Crippen molar-refractivity contribution in [3.63, 3.8) is 0 Å². The molecular formula is C13H16O3S. The SMILES string of the molecule is COC(=O)CC#C[C@H](C)[C@@H](OC)c1cccs1. The monoisotopic (exact) mass is 252 g/mol. The Balaban J connectivity index is 2.61. The van der Waals surface area contributed by atoms with E-state index in [0.29, 0.717) is 0 Å². The van der Waals surface area contributed by atoms with E-state index in [0.717, 1.165) is 4.88 Å². The third kappa shape index (κ3) is 4.22. The molecule has 17 heavy (non-hydrogen) atoms. The van der Waals surface area contributed by atoms with E-state index in [4.69, 9.17) is 4.74 Å². The van der Waals surface area contributed by atoms with Crippen molar-refractivity contribution in [3.8, 4) is 11.8 Å². The molecule has 0 spiro atoms. The molecule has 92 valence electrons. The van der Waals surface area contributed by atoms with Gasteiger partial charge in [-0.25, -0.2) is 0 Å². The van der Waals surface area contributed by atoms with E-state index in [-0.39, 0.29) is 24.4 Å². The number of methoxy groups -OCH3 is 2. The Bertz CT molecular complexity index is 400. The Morgan fingerprint density at radius 2 is 2.29 bits per heavy atom. The maximum Gasteiger partial charge on any atom is 0.317 e. The number of thiophene rings is 1. The lowest BCUT2D eigenvalue weighted by molar-refractivity contribution is -0.139. The van der Waals surface area contributed by atoms with E-state index in [2.05, 4.69) is 16.6 Å². The highest BCUT2D eigenvalue weighted by Gasteiger charge is 2.17. The summed E-state index contributed by atoms with van der Waals surface area (Å²) in [5, 5.41) is 2.01. The quantitative estimate of drug-likeness (QED) is 0.610. The highest BCUT2D eigenvalue weighted by molar-refractivity contribution is 7.10. The molecule has 3 nitrogen and oxygen atoms in total. The summed E-state index contributed by atoms with van der Waals surface area (Å²) in [6.07, 6.45) is 0.0852. The van der Waals surface area contributed by atoms with E-state index in [9.17, 15) is 4.79 Å². The van der Waals surface area contributed by atoms with Crippen LogP contribution < -0.4 is 0 Å². The number of rotatable bonds is 4. The molecule has 0 saturated heterocycles. The summed E-state index contributed by atoms with van der Waals surface area (Å²) in [4.78, 5) is 12.1. The molecule has 1 heterocycles. The predicted molar refractivity (Wildman–Crippen MR) is 67.6 cm³/mol. The molecule has 1 rings (SSSR count). The first-order valence-electron chi connectivity index (χ1n) is 5.30. The van der Waals surface area contributed by atoms with Crippen molar-refractivity contribution in [2.24, 2.45) is 5.92 Å². The molecule has 0 unspecified atom stereocenters. The summed E-state index contributed by atoms with van der Waals surface area (Å²) in [7, 11) is 3.03. The van der Waals surface area contributed by atoms with E-state index in [1.165, 1.54) is 7.11 Å². The average Bonchev–Trinajstić information content (AvgIpc) is 2.83. The number of carbonyl (C=O) groups is 1. The van der Waals surface area contributed by atoms with Gasteiger partial charge in [0.2, 0.25) is 0 Å². The van der Waals surface area contributed by atoms with Gasteiger partial charge in [-0.1, -0.05) is 17.9 Å². The van der Waals surface area contributed by atoms with Gasteiger partial charge in [-0.3, -0.25) is 4.79 Å². The van der Waals surface area contributed by atoms with Gasteiger partial charge in [-0.2, -0.15) is 0 Å². The van der Waals surface area contributed by atoms with Gasteiger partial charge in [-0.15, -0.1) is 11.3 Å². The van der Waals surface area contributed by atoms with E-state index < -0.39 is 0 Å². The summed E-state index contributed by atoms with van der Waals surface area (Å²) in [6.45, 7) is 1.98. The average molecular weight is 252 g/mol. The molecule has 0 aliphatic rings. The number of hydrogen-bond donors (Lipinski definition) is 0. The Labute approximate surface area is 106 Å². The van der Waals surface area contributed by atoms with Crippen molar-refractivity contribution >= 4 is 17.3 Å². The molecule has 4 heteroatoms. The van der Waals surface area contributed by atoms with Gasteiger partial charge >= 0.3 is 5.97 Å². The zero-order valence-electron chi connectivity index (χ0n) is 10.2. The molecule has 0 saturated carbocycles. The van der Waals surface area contributed by atoms with Gasteiger partial charge in [0.05, 0.1) is 7.11 Å². The normalized spacial score (nSPS) is 13.4. The highest BCUT2D eigenvalue weighted by atomic mass is 32.1. The van der Waals surface area contributed by atoms with Crippen LogP contribution in [0.15, 0.2) is 17.5 Å². The molecule has 0 amide bonds. The van der Waals surface area contributed by atoms with Crippen LogP contribution >= 0.6 is 11.3 Å². The van der Waals surface area contributed by atoms with Crippen LogP contribution in [-0.4, -0.2) is 20.2 Å². The topological polar surface area (TPSA) is 35.5 Å². The van der Waals surface area contributed by atoms with E-state index in [1.807, 2.05) is 24.4 Å². The Hall–Kier alpha value is -1.31. The molecule has 0 radical (unpaired) electrons. The molecule has 0 N–H and O–H groups in total. The van der Waals surface area contributed by atoms with Crippen LogP contribution in [0.25, 0.3) is 0 Å². The Kier molecular flexibility index (Phi) is 5.75. The van der Waals surface area contributed by atoms with E-state index in [1.54, 1.807) is 18.4 Å². The molecule has 1 aromatic heterocycles. The van der Waals surface area contributed by atoms with Crippen molar-refractivity contribution in [1.82, 2.24) is 0 Å². The molecule has 0 aromatic carbocycles. The molecule has 0 aliphatic heterocycles. The standard InChI is InChI=1S/C13H16O3S/c1-10(6-4-8-12(14)15-2)13(16-3)11-7-5-9-17-11/h5,7,9-10,13H,8H2,1-3H3/t10-,13+/m0/s1. The van der Waals surface area contributed by atoms with Crippen LogP contribution in [0.5, 0.6) is 0 Å². The zero-order valence-corrected chi connectivity index (χ0v) is 11.0. The predicted octanol–water partition coefficient (Wildman–Crippen LogP) is 2.64. The van der Waals surface area contributed by atoms with Gasteiger partial charge in [0.15, 0.2) is 0 Å². The molecule has 1 aromatic rings. The molecule has 0 fully saturated rings. The number of hydrogen-bond acceptors (Lipinski definition) is 4. The van der Waals surface area contributed by atoms with Crippen LogP contribution in [0, 0.1) is 17.8 Å². The zero-order chi connectivity index (χ0) is 12.7. The first-order chi connectivity index (χ1) is 8.19. The number of ether oxygens (including phenoxy) is 2. The fourth-order valence-electron chi connectivity index (χ4n) is 1.45. The van der Waals surface area contributed by atoms with Crippen molar-refractivity contribution in [1.29, 1.82) is 0 Å². The first kappa shape index (κ1) is 13.8. The third-order valence-corrected chi connectivity index (χ3v) is 3.26. The second-order valence-electron chi connectivity index (χ2n) is 3.53. The second-order valence-corrected chi connectivity index (χ2v) is 4.51. The van der Waals surface area contributed by atoms with Gasteiger partial charge in [0.25, 0.3) is 0 Å². The first-order valence-corrected chi connectivity index (χ1v) is 6.18. The van der Waals surface area contributed by atoms with Crippen molar-refractivity contribution in [3.05, 3.63) is 22.4 Å². The van der Waals surface area contributed by atoms with Crippen LogP contribution in [0.4, 0.5) is 0 Å².